The van der Waals surface area contributed by atoms with Crippen LogP contribution >= 0.6 is 0 Å². The van der Waals surface area contributed by atoms with E-state index in [1.54, 1.807) is 7.11 Å². The van der Waals surface area contributed by atoms with E-state index in [1.165, 1.54) is 0 Å². The summed E-state index contributed by atoms with van der Waals surface area (Å²) in [6.45, 7) is 2.86. The van der Waals surface area contributed by atoms with E-state index in [0.717, 1.165) is 49.3 Å². The Morgan fingerprint density at radius 3 is 2.71 bits per heavy atom. The van der Waals surface area contributed by atoms with Crippen molar-refractivity contribution in [3.05, 3.63) is 17.7 Å². The van der Waals surface area contributed by atoms with Gasteiger partial charge >= 0.3 is 5.97 Å². The van der Waals surface area contributed by atoms with Crippen molar-refractivity contribution in [3.8, 4) is 17.2 Å². The van der Waals surface area contributed by atoms with E-state index in [2.05, 4.69) is 4.90 Å². The van der Waals surface area contributed by atoms with E-state index in [0.29, 0.717) is 25.5 Å². The standard InChI is InChI=1S/C18H25NO5/c1-22-15-11-17-16(23-7-4-8-24-17)9-13(15)12-19-6-3-2-5-14(19)10-18(20)21/h9,11,14H,2-8,10,12H2,1H3,(H,20,21)/t14-/m1/s1. The molecule has 24 heavy (non-hydrogen) atoms. The highest BCUT2D eigenvalue weighted by molar-refractivity contribution is 5.67. The number of hydrogen-bond donors (Lipinski definition) is 1. The van der Waals surface area contributed by atoms with Crippen molar-refractivity contribution < 1.29 is 24.1 Å². The fourth-order valence-corrected chi connectivity index (χ4v) is 3.47. The summed E-state index contributed by atoms with van der Waals surface area (Å²) in [5.41, 5.74) is 1.01. The summed E-state index contributed by atoms with van der Waals surface area (Å²) in [4.78, 5) is 13.4. The molecule has 1 aromatic rings. The van der Waals surface area contributed by atoms with Crippen LogP contribution in [-0.2, 0) is 11.3 Å². The van der Waals surface area contributed by atoms with Crippen LogP contribution in [0.15, 0.2) is 12.1 Å². The monoisotopic (exact) mass is 335 g/mol. The van der Waals surface area contributed by atoms with Gasteiger partial charge in [-0.3, -0.25) is 9.69 Å². The summed E-state index contributed by atoms with van der Waals surface area (Å²) in [5, 5.41) is 9.15. The topological polar surface area (TPSA) is 68.2 Å². The number of carboxylic acids is 1. The molecule has 1 aromatic carbocycles. The number of carboxylic acid groups (broad SMARTS) is 1. The van der Waals surface area contributed by atoms with Crippen molar-refractivity contribution >= 4 is 5.97 Å². The lowest BCUT2D eigenvalue weighted by Gasteiger charge is -2.35. The van der Waals surface area contributed by atoms with Crippen molar-refractivity contribution in [1.29, 1.82) is 0 Å². The molecular formula is C18H25NO5. The largest absolute Gasteiger partial charge is 0.496 e. The molecule has 0 spiro atoms. The lowest BCUT2D eigenvalue weighted by Crippen LogP contribution is -2.40. The second-order valence-electron chi connectivity index (χ2n) is 6.38. The molecule has 1 fully saturated rings. The van der Waals surface area contributed by atoms with E-state index in [4.69, 9.17) is 19.3 Å². The number of benzene rings is 1. The van der Waals surface area contributed by atoms with Gasteiger partial charge < -0.3 is 19.3 Å². The molecule has 2 aliphatic heterocycles. The smallest absolute Gasteiger partial charge is 0.304 e. The molecule has 0 bridgehead atoms. The second kappa shape index (κ2) is 7.75. The Bertz CT molecular complexity index is 589. The summed E-state index contributed by atoms with van der Waals surface area (Å²) in [7, 11) is 1.65. The molecule has 132 valence electrons. The number of aliphatic carboxylic acids is 1. The maximum absolute atomic E-state index is 11.1. The van der Waals surface area contributed by atoms with Gasteiger partial charge in [0, 0.05) is 30.6 Å². The van der Waals surface area contributed by atoms with Crippen LogP contribution in [0.2, 0.25) is 0 Å². The number of nitrogens with zero attached hydrogens (tertiary/aromatic N) is 1. The number of hydrogen-bond acceptors (Lipinski definition) is 5. The van der Waals surface area contributed by atoms with E-state index in [1.807, 2.05) is 12.1 Å². The zero-order chi connectivity index (χ0) is 16.9. The Kier molecular flexibility index (Phi) is 5.45. The maximum Gasteiger partial charge on any atom is 0.304 e. The minimum atomic E-state index is -0.738. The first-order chi connectivity index (χ1) is 11.7. The van der Waals surface area contributed by atoms with Crippen LogP contribution < -0.4 is 14.2 Å². The van der Waals surface area contributed by atoms with Gasteiger partial charge in [0.25, 0.3) is 0 Å². The highest BCUT2D eigenvalue weighted by Crippen LogP contribution is 2.37. The lowest BCUT2D eigenvalue weighted by atomic mass is 9.98. The normalized spacial score (nSPS) is 21.1. The van der Waals surface area contributed by atoms with Crippen LogP contribution in [0.3, 0.4) is 0 Å². The number of fused-ring (bicyclic) bond motifs is 1. The van der Waals surface area contributed by atoms with Crippen molar-refractivity contribution in [2.24, 2.45) is 0 Å². The van der Waals surface area contributed by atoms with Crippen molar-refractivity contribution in [3.63, 3.8) is 0 Å². The van der Waals surface area contributed by atoms with E-state index < -0.39 is 5.97 Å². The molecule has 2 aliphatic rings. The second-order valence-corrected chi connectivity index (χ2v) is 6.38. The van der Waals surface area contributed by atoms with Gasteiger partial charge in [-0.25, -0.2) is 0 Å². The van der Waals surface area contributed by atoms with Gasteiger partial charge in [-0.2, -0.15) is 0 Å². The predicted octanol–water partition coefficient (Wildman–Crippen LogP) is 2.69. The molecule has 3 rings (SSSR count). The molecule has 1 N–H and O–H groups in total. The first-order valence-corrected chi connectivity index (χ1v) is 8.59. The highest BCUT2D eigenvalue weighted by Gasteiger charge is 2.26. The van der Waals surface area contributed by atoms with Crippen molar-refractivity contribution in [2.45, 2.75) is 44.7 Å². The molecule has 1 atom stereocenters. The van der Waals surface area contributed by atoms with Gasteiger partial charge in [0.1, 0.15) is 5.75 Å². The SMILES string of the molecule is COc1cc2c(cc1CN1CCCC[C@@H]1CC(=O)O)OCCCO2. The Morgan fingerprint density at radius 2 is 2.00 bits per heavy atom. The van der Waals surface area contributed by atoms with E-state index in [-0.39, 0.29) is 12.5 Å². The van der Waals surface area contributed by atoms with Crippen LogP contribution in [0.4, 0.5) is 0 Å². The van der Waals surface area contributed by atoms with Crippen molar-refractivity contribution in [2.75, 3.05) is 26.9 Å². The highest BCUT2D eigenvalue weighted by atomic mass is 16.5. The van der Waals surface area contributed by atoms with Crippen molar-refractivity contribution in [1.82, 2.24) is 4.90 Å². The van der Waals surface area contributed by atoms with Gasteiger partial charge in [0.05, 0.1) is 26.7 Å². The average Bonchev–Trinajstić information content (AvgIpc) is 2.80. The molecule has 0 unspecified atom stereocenters. The number of piperidine rings is 1. The fraction of sp³-hybridized carbons (Fsp3) is 0.611. The van der Waals surface area contributed by atoms with Gasteiger partial charge in [0.2, 0.25) is 0 Å². The molecule has 1 saturated heterocycles. The minimum absolute atomic E-state index is 0.0805. The minimum Gasteiger partial charge on any atom is -0.496 e. The van der Waals surface area contributed by atoms with Crippen LogP contribution in [0.5, 0.6) is 17.2 Å². The summed E-state index contributed by atoms with van der Waals surface area (Å²) in [6.07, 6.45) is 4.17. The van der Waals surface area contributed by atoms with Crippen LogP contribution in [0.1, 0.15) is 37.7 Å². The molecule has 6 nitrogen and oxygen atoms in total. The fourth-order valence-electron chi connectivity index (χ4n) is 3.47. The molecule has 0 amide bonds. The Labute approximate surface area is 142 Å². The molecule has 6 heteroatoms. The first-order valence-electron chi connectivity index (χ1n) is 8.59. The van der Waals surface area contributed by atoms with Gasteiger partial charge in [0.15, 0.2) is 11.5 Å². The third-order valence-electron chi connectivity index (χ3n) is 4.68. The Hall–Kier alpha value is -1.95. The van der Waals surface area contributed by atoms with E-state index >= 15 is 0 Å². The first kappa shape index (κ1) is 16.9. The Morgan fingerprint density at radius 1 is 1.25 bits per heavy atom. The number of methoxy groups -OCH3 is 1. The molecule has 0 radical (unpaired) electrons. The third-order valence-corrected chi connectivity index (χ3v) is 4.68. The predicted molar refractivity (Wildman–Crippen MR) is 88.9 cm³/mol. The van der Waals surface area contributed by atoms with E-state index in [9.17, 15) is 4.79 Å². The molecule has 0 aliphatic carbocycles. The third kappa shape index (κ3) is 3.93. The van der Waals surface area contributed by atoms with Crippen LogP contribution in [0, 0.1) is 0 Å². The zero-order valence-electron chi connectivity index (χ0n) is 14.1. The number of likely N-dealkylation sites (tertiary alicyclic amines) is 1. The summed E-state index contributed by atoms with van der Waals surface area (Å²) >= 11 is 0. The van der Waals surface area contributed by atoms with Gasteiger partial charge in [-0.15, -0.1) is 0 Å². The maximum atomic E-state index is 11.1. The van der Waals surface area contributed by atoms with Crippen LogP contribution in [-0.4, -0.2) is 48.9 Å². The number of rotatable bonds is 5. The number of ether oxygens (including phenoxy) is 3. The quantitative estimate of drug-likeness (QED) is 0.892. The average molecular weight is 335 g/mol. The van der Waals surface area contributed by atoms with Crippen LogP contribution in [0.25, 0.3) is 0 Å². The van der Waals surface area contributed by atoms with Gasteiger partial charge in [-0.1, -0.05) is 6.42 Å². The molecule has 0 saturated carbocycles. The lowest BCUT2D eigenvalue weighted by molar-refractivity contribution is -0.138. The van der Waals surface area contributed by atoms with Gasteiger partial charge in [-0.05, 0) is 25.5 Å². The zero-order valence-corrected chi connectivity index (χ0v) is 14.1. The number of carbonyl (C=O) groups is 1. The summed E-state index contributed by atoms with van der Waals surface area (Å²) < 4.78 is 17.0. The molecular weight excluding hydrogens is 310 g/mol. The summed E-state index contributed by atoms with van der Waals surface area (Å²) in [6, 6.07) is 3.94. The molecule has 2 heterocycles. The summed E-state index contributed by atoms with van der Waals surface area (Å²) in [5.74, 6) is 1.49. The Balaban J connectivity index is 1.82. The molecule has 0 aromatic heterocycles.